The number of allylic oxidation sites excluding steroid dienone is 4. The first kappa shape index (κ1) is 15.0. The molecule has 0 radical (unpaired) electrons. The zero-order chi connectivity index (χ0) is 13.1. The number of ketones is 1. The van der Waals surface area contributed by atoms with Crippen molar-refractivity contribution in [3.63, 3.8) is 0 Å². The minimum atomic E-state index is 0.0381. The third-order valence-corrected chi connectivity index (χ3v) is 1.95. The molecule has 0 saturated carbocycles. The molecule has 0 saturated heterocycles. The minimum absolute atomic E-state index is 0.0381. The Labute approximate surface area is 103 Å². The molecular formula is C15H19NO. The quantitative estimate of drug-likeness (QED) is 0.571. The topological polar surface area (TPSA) is 30.0 Å². The molecule has 1 heterocycles. The number of nitrogens with zero attached hydrogens (tertiary/aromatic N) is 1. The van der Waals surface area contributed by atoms with E-state index >= 15 is 0 Å². The maximum atomic E-state index is 11.7. The highest BCUT2D eigenvalue weighted by Crippen LogP contribution is 2.05. The SMILES string of the molecule is C=C/C=C(\C=C)C(=O)Cc1ccncc1.CC. The van der Waals surface area contributed by atoms with Crippen molar-refractivity contribution in [2.24, 2.45) is 0 Å². The van der Waals surface area contributed by atoms with Crippen LogP contribution >= 0.6 is 0 Å². The third kappa shape index (κ3) is 5.61. The van der Waals surface area contributed by atoms with Gasteiger partial charge in [-0.05, 0) is 17.7 Å². The first-order chi connectivity index (χ1) is 8.27. The third-order valence-electron chi connectivity index (χ3n) is 1.95. The van der Waals surface area contributed by atoms with Crippen LogP contribution in [0.3, 0.4) is 0 Å². The van der Waals surface area contributed by atoms with Gasteiger partial charge in [0.15, 0.2) is 5.78 Å². The van der Waals surface area contributed by atoms with Crippen molar-refractivity contribution < 1.29 is 4.79 Å². The second-order valence-corrected chi connectivity index (χ2v) is 3.02. The van der Waals surface area contributed by atoms with Crippen molar-refractivity contribution in [2.45, 2.75) is 20.3 Å². The van der Waals surface area contributed by atoms with Crippen molar-refractivity contribution in [3.05, 3.63) is 67.0 Å². The van der Waals surface area contributed by atoms with Gasteiger partial charge in [0.2, 0.25) is 0 Å². The first-order valence-electron chi connectivity index (χ1n) is 5.65. The Morgan fingerprint density at radius 1 is 1.29 bits per heavy atom. The molecule has 0 aliphatic rings. The van der Waals surface area contributed by atoms with E-state index in [2.05, 4.69) is 18.1 Å². The second kappa shape index (κ2) is 9.28. The summed E-state index contributed by atoms with van der Waals surface area (Å²) in [6.07, 6.45) is 8.51. The second-order valence-electron chi connectivity index (χ2n) is 3.02. The molecular weight excluding hydrogens is 210 g/mol. The van der Waals surface area contributed by atoms with Gasteiger partial charge in [-0.2, -0.15) is 0 Å². The lowest BCUT2D eigenvalue weighted by atomic mass is 10.0. The number of hydrogen-bond donors (Lipinski definition) is 0. The lowest BCUT2D eigenvalue weighted by molar-refractivity contribution is -0.114. The van der Waals surface area contributed by atoms with Crippen molar-refractivity contribution in [2.75, 3.05) is 0 Å². The summed E-state index contributed by atoms with van der Waals surface area (Å²) in [5.74, 6) is 0.0381. The zero-order valence-corrected chi connectivity index (χ0v) is 10.5. The number of aromatic nitrogens is 1. The molecule has 0 aliphatic carbocycles. The van der Waals surface area contributed by atoms with Crippen LogP contribution in [0.5, 0.6) is 0 Å². The normalized spacial score (nSPS) is 9.88. The van der Waals surface area contributed by atoms with E-state index in [1.54, 1.807) is 30.6 Å². The molecule has 0 bridgehead atoms. The molecule has 1 rings (SSSR count). The Balaban J connectivity index is 0.00000121. The number of Topliss-reactive ketones (excluding diaryl/α,β-unsaturated/α-hetero) is 1. The van der Waals surface area contributed by atoms with E-state index in [0.29, 0.717) is 12.0 Å². The number of carbonyl (C=O) groups excluding carboxylic acids is 1. The molecule has 2 nitrogen and oxygen atoms in total. The van der Waals surface area contributed by atoms with Crippen LogP contribution in [0.1, 0.15) is 19.4 Å². The lowest BCUT2D eigenvalue weighted by Gasteiger charge is -2.00. The van der Waals surface area contributed by atoms with Gasteiger partial charge >= 0.3 is 0 Å². The largest absolute Gasteiger partial charge is 0.294 e. The lowest BCUT2D eigenvalue weighted by Crippen LogP contribution is -2.04. The van der Waals surface area contributed by atoms with Gasteiger partial charge in [-0.3, -0.25) is 9.78 Å². The van der Waals surface area contributed by atoms with Crippen LogP contribution in [-0.4, -0.2) is 10.8 Å². The van der Waals surface area contributed by atoms with Crippen molar-refractivity contribution in [1.29, 1.82) is 0 Å². The van der Waals surface area contributed by atoms with Crippen LogP contribution in [-0.2, 0) is 11.2 Å². The molecule has 0 N–H and O–H groups in total. The van der Waals surface area contributed by atoms with Gasteiger partial charge in [0.05, 0.1) is 0 Å². The fourth-order valence-electron chi connectivity index (χ4n) is 1.19. The van der Waals surface area contributed by atoms with E-state index in [-0.39, 0.29) is 5.78 Å². The predicted octanol–water partition coefficient (Wildman–Crippen LogP) is 3.52. The number of pyridine rings is 1. The molecule has 0 fully saturated rings. The van der Waals surface area contributed by atoms with E-state index in [4.69, 9.17) is 0 Å². The molecule has 2 heteroatoms. The Kier molecular flexibility index (Phi) is 8.21. The molecule has 0 aliphatic heterocycles. The van der Waals surface area contributed by atoms with Crippen LogP contribution in [0.4, 0.5) is 0 Å². The number of carbonyl (C=O) groups is 1. The fraction of sp³-hybridized carbons (Fsp3) is 0.200. The minimum Gasteiger partial charge on any atom is -0.294 e. The Bertz CT molecular complexity index is 391. The van der Waals surface area contributed by atoms with E-state index in [1.165, 1.54) is 0 Å². The highest BCUT2D eigenvalue weighted by Gasteiger charge is 2.05. The van der Waals surface area contributed by atoms with Crippen LogP contribution in [0.25, 0.3) is 0 Å². The van der Waals surface area contributed by atoms with Crippen molar-refractivity contribution in [3.8, 4) is 0 Å². The van der Waals surface area contributed by atoms with Gasteiger partial charge in [0.25, 0.3) is 0 Å². The average Bonchev–Trinajstić information content (AvgIpc) is 2.39. The maximum Gasteiger partial charge on any atom is 0.167 e. The van der Waals surface area contributed by atoms with Gasteiger partial charge in [0.1, 0.15) is 0 Å². The van der Waals surface area contributed by atoms with Gasteiger partial charge in [-0.1, -0.05) is 45.2 Å². The first-order valence-corrected chi connectivity index (χ1v) is 5.65. The standard InChI is InChI=1S/C13H13NO.C2H6/c1-3-5-12(4-2)13(15)10-11-6-8-14-9-7-11;1-2/h3-9H,1-2,10H2;1-2H3/b12-5+;. The van der Waals surface area contributed by atoms with Gasteiger partial charge in [-0.15, -0.1) is 0 Å². The fourth-order valence-corrected chi connectivity index (χ4v) is 1.19. The monoisotopic (exact) mass is 229 g/mol. The highest BCUT2D eigenvalue weighted by atomic mass is 16.1. The van der Waals surface area contributed by atoms with Crippen molar-refractivity contribution >= 4 is 5.78 Å². The van der Waals surface area contributed by atoms with Gasteiger partial charge in [-0.25, -0.2) is 0 Å². The van der Waals surface area contributed by atoms with Crippen molar-refractivity contribution in [1.82, 2.24) is 4.98 Å². The van der Waals surface area contributed by atoms with Crippen LogP contribution in [0.2, 0.25) is 0 Å². The predicted molar refractivity (Wildman–Crippen MR) is 72.8 cm³/mol. The molecule has 1 aromatic rings. The molecule has 0 amide bonds. The number of hydrogen-bond acceptors (Lipinski definition) is 2. The summed E-state index contributed by atoms with van der Waals surface area (Å²) in [7, 11) is 0. The van der Waals surface area contributed by atoms with E-state index < -0.39 is 0 Å². The summed E-state index contributed by atoms with van der Waals surface area (Å²) in [5.41, 5.74) is 1.54. The molecule has 0 aromatic carbocycles. The molecule has 0 unspecified atom stereocenters. The molecule has 90 valence electrons. The maximum absolute atomic E-state index is 11.7. The Hall–Kier alpha value is -1.96. The van der Waals surface area contributed by atoms with E-state index in [1.807, 2.05) is 26.0 Å². The van der Waals surface area contributed by atoms with Crippen LogP contribution < -0.4 is 0 Å². The zero-order valence-electron chi connectivity index (χ0n) is 10.5. The molecule has 0 spiro atoms. The molecule has 0 atom stereocenters. The van der Waals surface area contributed by atoms with Gasteiger partial charge in [0, 0.05) is 24.4 Å². The number of rotatable bonds is 5. The smallest absolute Gasteiger partial charge is 0.167 e. The van der Waals surface area contributed by atoms with E-state index in [9.17, 15) is 4.79 Å². The molecule has 17 heavy (non-hydrogen) atoms. The van der Waals surface area contributed by atoms with Crippen LogP contribution in [0, 0.1) is 0 Å². The summed E-state index contributed by atoms with van der Waals surface area (Å²) in [6.45, 7) is 11.1. The highest BCUT2D eigenvalue weighted by molar-refractivity contribution is 5.99. The Morgan fingerprint density at radius 3 is 2.35 bits per heavy atom. The van der Waals surface area contributed by atoms with E-state index in [0.717, 1.165) is 5.56 Å². The Morgan fingerprint density at radius 2 is 1.88 bits per heavy atom. The van der Waals surface area contributed by atoms with Gasteiger partial charge < -0.3 is 0 Å². The summed E-state index contributed by atoms with van der Waals surface area (Å²) in [5, 5.41) is 0. The molecule has 1 aromatic heterocycles. The summed E-state index contributed by atoms with van der Waals surface area (Å²) in [6, 6.07) is 3.65. The van der Waals surface area contributed by atoms with Crippen LogP contribution in [0.15, 0.2) is 61.5 Å². The summed E-state index contributed by atoms with van der Waals surface area (Å²) in [4.78, 5) is 15.6. The summed E-state index contributed by atoms with van der Waals surface area (Å²) < 4.78 is 0. The summed E-state index contributed by atoms with van der Waals surface area (Å²) >= 11 is 0. The average molecular weight is 229 g/mol.